The van der Waals surface area contributed by atoms with Crippen molar-refractivity contribution in [3.8, 4) is 11.4 Å². The maximum absolute atomic E-state index is 12.9. The van der Waals surface area contributed by atoms with Crippen molar-refractivity contribution in [1.29, 1.82) is 0 Å². The summed E-state index contributed by atoms with van der Waals surface area (Å²) in [5, 5.41) is 12.1. The number of aromatic nitrogens is 4. The SMILES string of the molecule is Cc1nc(CSc2nnc(-c3ccc(C(F)(F)F)cc3)n2Cc2ccco2)cs1. The molecule has 29 heavy (non-hydrogen) atoms. The first-order valence-corrected chi connectivity index (χ1v) is 10.4. The van der Waals surface area contributed by atoms with Gasteiger partial charge in [0.2, 0.25) is 0 Å². The molecule has 1 aromatic carbocycles. The van der Waals surface area contributed by atoms with Gasteiger partial charge in [-0.25, -0.2) is 4.98 Å². The van der Waals surface area contributed by atoms with Crippen LogP contribution in [0.4, 0.5) is 13.2 Å². The number of hydrogen-bond donors (Lipinski definition) is 0. The Morgan fingerprint density at radius 3 is 2.55 bits per heavy atom. The number of thioether (sulfide) groups is 1. The summed E-state index contributed by atoms with van der Waals surface area (Å²) >= 11 is 3.05. The number of hydrogen-bond acceptors (Lipinski definition) is 6. The van der Waals surface area contributed by atoms with Gasteiger partial charge in [-0.1, -0.05) is 23.9 Å². The zero-order valence-electron chi connectivity index (χ0n) is 15.2. The van der Waals surface area contributed by atoms with Gasteiger partial charge < -0.3 is 4.42 Å². The molecular weight excluding hydrogens is 421 g/mol. The number of thiazole rings is 1. The average Bonchev–Trinajstić information content (AvgIpc) is 3.42. The number of aryl methyl sites for hydroxylation is 1. The van der Waals surface area contributed by atoms with Gasteiger partial charge in [0.1, 0.15) is 5.76 Å². The third-order valence-electron chi connectivity index (χ3n) is 4.10. The van der Waals surface area contributed by atoms with Crippen molar-refractivity contribution in [2.75, 3.05) is 0 Å². The van der Waals surface area contributed by atoms with Crippen LogP contribution in [0.25, 0.3) is 11.4 Å². The Balaban J connectivity index is 1.64. The number of nitrogens with zero attached hydrogens (tertiary/aromatic N) is 4. The molecule has 0 saturated carbocycles. The zero-order valence-corrected chi connectivity index (χ0v) is 16.8. The lowest BCUT2D eigenvalue weighted by molar-refractivity contribution is -0.137. The molecular formula is C19H15F3N4OS2. The third-order valence-corrected chi connectivity index (χ3v) is 5.92. The minimum Gasteiger partial charge on any atom is -0.467 e. The molecule has 0 unspecified atom stereocenters. The Morgan fingerprint density at radius 1 is 1.14 bits per heavy atom. The number of alkyl halides is 3. The average molecular weight is 436 g/mol. The Morgan fingerprint density at radius 2 is 1.93 bits per heavy atom. The number of halogens is 3. The van der Waals surface area contributed by atoms with Gasteiger partial charge in [-0.3, -0.25) is 4.57 Å². The summed E-state index contributed by atoms with van der Waals surface area (Å²) in [6.07, 6.45) is -2.81. The van der Waals surface area contributed by atoms with E-state index in [2.05, 4.69) is 15.2 Å². The first kappa shape index (κ1) is 19.7. The molecule has 0 bridgehead atoms. The van der Waals surface area contributed by atoms with E-state index in [1.807, 2.05) is 22.9 Å². The lowest BCUT2D eigenvalue weighted by Crippen LogP contribution is -2.06. The van der Waals surface area contributed by atoms with Crippen LogP contribution in [-0.4, -0.2) is 19.7 Å². The molecule has 150 valence electrons. The quantitative estimate of drug-likeness (QED) is 0.365. The molecule has 0 aliphatic heterocycles. The summed E-state index contributed by atoms with van der Waals surface area (Å²) < 4.78 is 45.9. The molecule has 0 atom stereocenters. The van der Waals surface area contributed by atoms with E-state index < -0.39 is 11.7 Å². The highest BCUT2D eigenvalue weighted by Gasteiger charge is 2.30. The van der Waals surface area contributed by atoms with Crippen molar-refractivity contribution in [3.05, 3.63) is 70.1 Å². The summed E-state index contributed by atoms with van der Waals surface area (Å²) in [4.78, 5) is 4.44. The maximum Gasteiger partial charge on any atom is 0.416 e. The summed E-state index contributed by atoms with van der Waals surface area (Å²) in [5.74, 6) is 1.80. The van der Waals surface area contributed by atoms with E-state index in [0.29, 0.717) is 34.6 Å². The Labute approximate surface area is 172 Å². The highest BCUT2D eigenvalue weighted by Crippen LogP contribution is 2.32. The van der Waals surface area contributed by atoms with Gasteiger partial charge in [-0.15, -0.1) is 21.5 Å². The van der Waals surface area contributed by atoms with E-state index in [-0.39, 0.29) is 0 Å². The second-order valence-electron chi connectivity index (χ2n) is 6.19. The summed E-state index contributed by atoms with van der Waals surface area (Å²) in [7, 11) is 0. The fourth-order valence-corrected chi connectivity index (χ4v) is 4.28. The van der Waals surface area contributed by atoms with Crippen LogP contribution in [0.2, 0.25) is 0 Å². The molecule has 3 heterocycles. The van der Waals surface area contributed by atoms with E-state index in [1.54, 1.807) is 23.7 Å². The van der Waals surface area contributed by atoms with Gasteiger partial charge in [0.25, 0.3) is 0 Å². The number of benzene rings is 1. The lowest BCUT2D eigenvalue weighted by Gasteiger charge is -2.10. The van der Waals surface area contributed by atoms with E-state index >= 15 is 0 Å². The van der Waals surface area contributed by atoms with Crippen molar-refractivity contribution < 1.29 is 17.6 Å². The number of furan rings is 1. The highest BCUT2D eigenvalue weighted by molar-refractivity contribution is 7.98. The minimum atomic E-state index is -4.38. The van der Waals surface area contributed by atoms with Gasteiger partial charge in [0.05, 0.1) is 29.1 Å². The van der Waals surface area contributed by atoms with Crippen molar-refractivity contribution >= 4 is 23.1 Å². The molecule has 0 fully saturated rings. The van der Waals surface area contributed by atoms with Crippen LogP contribution in [0.1, 0.15) is 22.0 Å². The monoisotopic (exact) mass is 436 g/mol. The van der Waals surface area contributed by atoms with Crippen molar-refractivity contribution in [2.24, 2.45) is 0 Å². The third kappa shape index (κ3) is 4.54. The topological polar surface area (TPSA) is 56.7 Å². The Hall–Kier alpha value is -2.59. The van der Waals surface area contributed by atoms with Gasteiger partial charge in [-0.2, -0.15) is 13.2 Å². The molecule has 3 aromatic heterocycles. The fraction of sp³-hybridized carbons (Fsp3) is 0.211. The maximum atomic E-state index is 12.9. The first-order chi connectivity index (χ1) is 13.9. The van der Waals surface area contributed by atoms with Crippen LogP contribution in [0.15, 0.2) is 57.6 Å². The molecule has 0 N–H and O–H groups in total. The van der Waals surface area contributed by atoms with Crippen LogP contribution in [-0.2, 0) is 18.5 Å². The molecule has 0 aliphatic carbocycles. The van der Waals surface area contributed by atoms with E-state index in [1.165, 1.54) is 23.9 Å². The van der Waals surface area contributed by atoms with E-state index in [0.717, 1.165) is 22.8 Å². The second kappa shape index (κ2) is 8.03. The highest BCUT2D eigenvalue weighted by atomic mass is 32.2. The Bertz CT molecular complexity index is 1090. The summed E-state index contributed by atoms with van der Waals surface area (Å²) in [6, 6.07) is 8.52. The lowest BCUT2D eigenvalue weighted by atomic mass is 10.1. The van der Waals surface area contributed by atoms with Crippen LogP contribution >= 0.6 is 23.1 Å². The summed E-state index contributed by atoms with van der Waals surface area (Å²) in [5.41, 5.74) is 0.793. The van der Waals surface area contributed by atoms with Crippen molar-refractivity contribution in [2.45, 2.75) is 30.6 Å². The van der Waals surface area contributed by atoms with E-state index in [9.17, 15) is 13.2 Å². The minimum absolute atomic E-state index is 0.370. The zero-order chi connectivity index (χ0) is 20.4. The molecule has 0 spiro atoms. The standard InChI is InChI=1S/C19H15F3N4OS2/c1-12-23-15(10-28-12)11-29-18-25-24-17(26(18)9-16-3-2-8-27-16)13-4-6-14(7-5-13)19(20,21)22/h2-8,10H,9,11H2,1H3. The molecule has 0 amide bonds. The molecule has 0 radical (unpaired) electrons. The van der Waals surface area contributed by atoms with Crippen LogP contribution in [0, 0.1) is 6.92 Å². The normalized spacial score (nSPS) is 11.9. The van der Waals surface area contributed by atoms with Crippen molar-refractivity contribution in [1.82, 2.24) is 19.7 Å². The van der Waals surface area contributed by atoms with Gasteiger partial charge in [0.15, 0.2) is 11.0 Å². The predicted octanol–water partition coefficient (Wildman–Crippen LogP) is 5.66. The predicted molar refractivity (Wildman–Crippen MR) is 105 cm³/mol. The Kier molecular flexibility index (Phi) is 5.46. The van der Waals surface area contributed by atoms with Gasteiger partial charge in [-0.05, 0) is 31.2 Å². The van der Waals surface area contributed by atoms with Crippen LogP contribution < -0.4 is 0 Å². The summed E-state index contributed by atoms with van der Waals surface area (Å²) in [6.45, 7) is 2.32. The fourth-order valence-electron chi connectivity index (χ4n) is 2.73. The molecule has 10 heteroatoms. The largest absolute Gasteiger partial charge is 0.467 e. The molecule has 0 saturated heterocycles. The molecule has 5 nitrogen and oxygen atoms in total. The smallest absolute Gasteiger partial charge is 0.416 e. The molecule has 4 aromatic rings. The number of rotatable bonds is 6. The van der Waals surface area contributed by atoms with Crippen molar-refractivity contribution in [3.63, 3.8) is 0 Å². The van der Waals surface area contributed by atoms with Gasteiger partial charge >= 0.3 is 6.18 Å². The van der Waals surface area contributed by atoms with Crippen LogP contribution in [0.3, 0.4) is 0 Å². The molecule has 0 aliphatic rings. The van der Waals surface area contributed by atoms with Crippen LogP contribution in [0.5, 0.6) is 0 Å². The molecule has 4 rings (SSSR count). The van der Waals surface area contributed by atoms with Gasteiger partial charge in [0, 0.05) is 16.7 Å². The van der Waals surface area contributed by atoms with E-state index in [4.69, 9.17) is 4.42 Å². The second-order valence-corrected chi connectivity index (χ2v) is 8.20. The first-order valence-electron chi connectivity index (χ1n) is 8.57.